The van der Waals surface area contributed by atoms with Crippen molar-refractivity contribution in [2.45, 2.75) is 44.2 Å². The molecule has 1 aliphatic carbocycles. The summed E-state index contributed by atoms with van der Waals surface area (Å²) in [6.07, 6.45) is 4.06. The number of nitrogens with one attached hydrogen (secondary N) is 1. The number of thiophene rings is 1. The Morgan fingerprint density at radius 2 is 2.29 bits per heavy atom. The quantitative estimate of drug-likeness (QED) is 0.853. The lowest BCUT2D eigenvalue weighted by Crippen LogP contribution is -2.54. The van der Waals surface area contributed by atoms with Crippen molar-refractivity contribution >= 4 is 17.2 Å². The molecule has 3 unspecified atom stereocenters. The van der Waals surface area contributed by atoms with E-state index in [1.807, 2.05) is 6.92 Å². The number of nitrogens with zero attached hydrogens (tertiary/aromatic N) is 1. The molecule has 24 heavy (non-hydrogen) atoms. The van der Waals surface area contributed by atoms with Crippen LogP contribution in [0.15, 0.2) is 17.5 Å². The minimum absolute atomic E-state index is 0.0695. The van der Waals surface area contributed by atoms with E-state index in [9.17, 15) is 4.79 Å². The minimum Gasteiger partial charge on any atom is -0.379 e. The molecule has 134 valence electrons. The molecule has 1 aromatic heterocycles. The van der Waals surface area contributed by atoms with Crippen LogP contribution in [-0.2, 0) is 9.53 Å². The first-order chi connectivity index (χ1) is 11.6. The third-order valence-electron chi connectivity index (χ3n) is 5.40. The number of amides is 1. The molecule has 0 bridgehead atoms. The van der Waals surface area contributed by atoms with Crippen LogP contribution < -0.4 is 11.1 Å². The van der Waals surface area contributed by atoms with Crippen molar-refractivity contribution in [3.05, 3.63) is 22.4 Å². The van der Waals surface area contributed by atoms with Gasteiger partial charge in [-0.05, 0) is 31.2 Å². The molecule has 3 N–H and O–H groups in total. The fourth-order valence-corrected chi connectivity index (χ4v) is 4.75. The molecule has 0 radical (unpaired) electrons. The van der Waals surface area contributed by atoms with Gasteiger partial charge < -0.3 is 15.8 Å². The van der Waals surface area contributed by atoms with Gasteiger partial charge in [-0.2, -0.15) is 0 Å². The van der Waals surface area contributed by atoms with Gasteiger partial charge in [0.1, 0.15) is 0 Å². The first-order valence-corrected chi connectivity index (χ1v) is 9.88. The second kappa shape index (κ2) is 7.95. The summed E-state index contributed by atoms with van der Waals surface area (Å²) in [4.78, 5) is 16.5. The van der Waals surface area contributed by atoms with Crippen molar-refractivity contribution in [3.63, 3.8) is 0 Å². The normalized spacial score (nSPS) is 30.0. The van der Waals surface area contributed by atoms with Crippen molar-refractivity contribution in [1.29, 1.82) is 0 Å². The van der Waals surface area contributed by atoms with Crippen LogP contribution in [0.3, 0.4) is 0 Å². The topological polar surface area (TPSA) is 67.6 Å². The standard InChI is InChI=1S/C18H29N3O2S/c1-18(19)7-3-2-5-14(18)17(22)20-13-15(16-6-4-12-24-16)21-8-10-23-11-9-21/h4,6,12,14-15H,2-3,5,7-11,13,19H2,1H3,(H,20,22). The van der Waals surface area contributed by atoms with E-state index in [0.717, 1.165) is 52.0 Å². The lowest BCUT2D eigenvalue weighted by Gasteiger charge is -2.38. The first kappa shape index (κ1) is 17.9. The summed E-state index contributed by atoms with van der Waals surface area (Å²) in [6.45, 7) is 6.02. The van der Waals surface area contributed by atoms with Gasteiger partial charge in [-0.3, -0.25) is 9.69 Å². The average molecular weight is 352 g/mol. The van der Waals surface area contributed by atoms with Crippen LogP contribution in [0.4, 0.5) is 0 Å². The summed E-state index contributed by atoms with van der Waals surface area (Å²) in [5.41, 5.74) is 6.01. The molecule has 1 saturated heterocycles. The Bertz CT molecular complexity index is 526. The Hall–Kier alpha value is -0.950. The van der Waals surface area contributed by atoms with Crippen molar-refractivity contribution in [2.24, 2.45) is 11.7 Å². The van der Waals surface area contributed by atoms with Crippen LogP contribution in [0.1, 0.15) is 43.5 Å². The molecule has 1 amide bonds. The highest BCUT2D eigenvalue weighted by Gasteiger charge is 2.38. The lowest BCUT2D eigenvalue weighted by atomic mass is 9.74. The van der Waals surface area contributed by atoms with Gasteiger partial charge in [-0.15, -0.1) is 11.3 Å². The highest BCUT2D eigenvalue weighted by Crippen LogP contribution is 2.32. The van der Waals surface area contributed by atoms with Gasteiger partial charge in [0.15, 0.2) is 0 Å². The van der Waals surface area contributed by atoms with Crippen LogP contribution in [0.25, 0.3) is 0 Å². The predicted molar refractivity (Wildman–Crippen MR) is 97.0 cm³/mol. The number of carbonyl (C=O) groups excluding carboxylic acids is 1. The molecule has 1 aromatic rings. The largest absolute Gasteiger partial charge is 0.379 e. The maximum absolute atomic E-state index is 12.7. The molecule has 2 fully saturated rings. The summed E-state index contributed by atoms with van der Waals surface area (Å²) in [7, 11) is 0. The summed E-state index contributed by atoms with van der Waals surface area (Å²) in [5, 5.41) is 5.30. The zero-order valence-corrected chi connectivity index (χ0v) is 15.3. The monoisotopic (exact) mass is 351 g/mol. The SMILES string of the molecule is CC1(N)CCCCC1C(=O)NCC(c1cccs1)N1CCOCC1. The average Bonchev–Trinajstić information content (AvgIpc) is 3.10. The molecule has 3 atom stereocenters. The Balaban J connectivity index is 1.63. The van der Waals surface area contributed by atoms with Crippen LogP contribution in [0.2, 0.25) is 0 Å². The highest BCUT2D eigenvalue weighted by molar-refractivity contribution is 7.10. The summed E-state index contributed by atoms with van der Waals surface area (Å²) in [6, 6.07) is 4.46. The fourth-order valence-electron chi connectivity index (χ4n) is 3.89. The van der Waals surface area contributed by atoms with Gasteiger partial charge in [0.25, 0.3) is 0 Å². The zero-order chi connectivity index (χ0) is 17.0. The van der Waals surface area contributed by atoms with E-state index in [4.69, 9.17) is 10.5 Å². The third kappa shape index (κ3) is 4.17. The fraction of sp³-hybridized carbons (Fsp3) is 0.722. The third-order valence-corrected chi connectivity index (χ3v) is 6.37. The molecule has 3 rings (SSSR count). The summed E-state index contributed by atoms with van der Waals surface area (Å²) >= 11 is 1.75. The number of ether oxygens (including phenoxy) is 1. The van der Waals surface area contributed by atoms with Gasteiger partial charge >= 0.3 is 0 Å². The van der Waals surface area contributed by atoms with Gasteiger partial charge in [-0.25, -0.2) is 0 Å². The van der Waals surface area contributed by atoms with Crippen LogP contribution in [0, 0.1) is 5.92 Å². The Morgan fingerprint density at radius 3 is 2.96 bits per heavy atom. The number of hydrogen-bond donors (Lipinski definition) is 2. The molecule has 1 saturated carbocycles. The summed E-state index contributed by atoms with van der Waals surface area (Å²) in [5.74, 6) is 0.0504. The Morgan fingerprint density at radius 1 is 1.50 bits per heavy atom. The van der Waals surface area contributed by atoms with E-state index in [1.54, 1.807) is 11.3 Å². The van der Waals surface area contributed by atoms with Crippen molar-refractivity contribution in [1.82, 2.24) is 10.2 Å². The van der Waals surface area contributed by atoms with E-state index in [0.29, 0.717) is 6.54 Å². The number of hydrogen-bond acceptors (Lipinski definition) is 5. The van der Waals surface area contributed by atoms with Gasteiger partial charge in [-0.1, -0.05) is 18.9 Å². The van der Waals surface area contributed by atoms with E-state index in [2.05, 4.69) is 27.7 Å². The molecule has 6 heteroatoms. The van der Waals surface area contributed by atoms with Crippen LogP contribution in [0.5, 0.6) is 0 Å². The predicted octanol–water partition coefficient (Wildman–Crippen LogP) is 2.15. The molecule has 0 aromatic carbocycles. The van der Waals surface area contributed by atoms with Crippen molar-refractivity contribution < 1.29 is 9.53 Å². The van der Waals surface area contributed by atoms with E-state index in [-0.39, 0.29) is 23.4 Å². The van der Waals surface area contributed by atoms with Crippen molar-refractivity contribution in [2.75, 3.05) is 32.8 Å². The first-order valence-electron chi connectivity index (χ1n) is 9.00. The number of nitrogens with two attached hydrogens (primary N) is 1. The number of carbonyl (C=O) groups is 1. The van der Waals surface area contributed by atoms with Crippen molar-refractivity contribution in [3.8, 4) is 0 Å². The van der Waals surface area contributed by atoms with Crippen LogP contribution >= 0.6 is 11.3 Å². The number of rotatable bonds is 5. The molecular weight excluding hydrogens is 322 g/mol. The molecule has 1 aliphatic heterocycles. The van der Waals surface area contributed by atoms with Gasteiger partial charge in [0, 0.05) is 30.1 Å². The smallest absolute Gasteiger partial charge is 0.225 e. The zero-order valence-electron chi connectivity index (χ0n) is 14.5. The lowest BCUT2D eigenvalue weighted by molar-refractivity contribution is -0.128. The van der Waals surface area contributed by atoms with E-state index < -0.39 is 0 Å². The minimum atomic E-state index is -0.375. The number of morpholine rings is 1. The molecule has 0 spiro atoms. The molecule has 2 aliphatic rings. The second-order valence-corrected chi connectivity index (χ2v) is 8.21. The maximum atomic E-state index is 12.7. The highest BCUT2D eigenvalue weighted by atomic mass is 32.1. The summed E-state index contributed by atoms with van der Waals surface area (Å²) < 4.78 is 5.47. The van der Waals surface area contributed by atoms with Crippen LogP contribution in [-0.4, -0.2) is 49.2 Å². The maximum Gasteiger partial charge on any atom is 0.225 e. The Kier molecular flexibility index (Phi) is 5.92. The van der Waals surface area contributed by atoms with E-state index >= 15 is 0 Å². The van der Waals surface area contributed by atoms with E-state index in [1.165, 1.54) is 4.88 Å². The van der Waals surface area contributed by atoms with Gasteiger partial charge in [0.2, 0.25) is 5.91 Å². The molecular formula is C18H29N3O2S. The molecule has 5 nitrogen and oxygen atoms in total. The Labute approximate surface area is 148 Å². The second-order valence-electron chi connectivity index (χ2n) is 7.23. The molecule has 2 heterocycles. The van der Waals surface area contributed by atoms with Gasteiger partial charge in [0.05, 0.1) is 25.2 Å².